The fourth-order valence-electron chi connectivity index (χ4n) is 12.2. The fourth-order valence-corrected chi connectivity index (χ4v) is 12.2. The van der Waals surface area contributed by atoms with E-state index < -0.39 is 12.1 Å². The maximum atomic E-state index is 13.2. The van der Waals surface area contributed by atoms with E-state index in [-0.39, 0.29) is 80.0 Å². The van der Waals surface area contributed by atoms with Gasteiger partial charge in [-0.1, -0.05) is 130 Å². The molecule has 0 spiro atoms. The minimum absolute atomic E-state index is 0.00394. The summed E-state index contributed by atoms with van der Waals surface area (Å²) in [5.74, 6) is 2.09. The molecule has 0 aromatic heterocycles. The van der Waals surface area contributed by atoms with Gasteiger partial charge >= 0.3 is 23.9 Å². The average Bonchev–Trinajstić information content (AvgIpc) is 3.69. The number of hydrogen-bond acceptors (Lipinski definition) is 10. The highest BCUT2D eigenvalue weighted by atomic mass is 16.7. The Morgan fingerprint density at radius 3 is 1.77 bits per heavy atom. The van der Waals surface area contributed by atoms with Crippen molar-refractivity contribution < 1.29 is 47.7 Å². The van der Waals surface area contributed by atoms with E-state index in [9.17, 15) is 24.0 Å². The van der Waals surface area contributed by atoms with Crippen LogP contribution in [-0.4, -0.2) is 61.9 Å². The number of ether oxygens (including phenoxy) is 5. The molecule has 0 N–H and O–H groups in total. The maximum absolute atomic E-state index is 13.2. The number of carbonyl (C=O) groups is 5. The average molecular weight is 983 g/mol. The molecule has 0 aromatic carbocycles. The van der Waals surface area contributed by atoms with E-state index in [4.69, 9.17) is 23.7 Å². The lowest BCUT2D eigenvalue weighted by Gasteiger charge is -2.49. The van der Waals surface area contributed by atoms with Crippen LogP contribution in [-0.2, 0) is 47.7 Å². The summed E-state index contributed by atoms with van der Waals surface area (Å²) in [4.78, 5) is 63.9. The highest BCUT2D eigenvalue weighted by Crippen LogP contribution is 2.60. The van der Waals surface area contributed by atoms with Crippen molar-refractivity contribution in [1.82, 2.24) is 0 Å². The third kappa shape index (κ3) is 24.6. The quantitative estimate of drug-likeness (QED) is 0.0194. The Morgan fingerprint density at radius 2 is 1.20 bits per heavy atom. The van der Waals surface area contributed by atoms with E-state index in [1.165, 1.54) is 44.9 Å². The predicted molar refractivity (Wildman–Crippen MR) is 281 cm³/mol. The summed E-state index contributed by atoms with van der Waals surface area (Å²) in [5.41, 5.74) is 0.174. The molecule has 9 atom stereocenters. The number of Topliss-reactive ketones (excluding diaryl/α,β-unsaturated/α-hetero) is 1. The Balaban J connectivity index is 1.35. The van der Waals surface area contributed by atoms with Gasteiger partial charge in [0.1, 0.15) is 19.0 Å². The van der Waals surface area contributed by atoms with Crippen LogP contribution >= 0.6 is 0 Å². The Hall–Kier alpha value is -3.01. The monoisotopic (exact) mass is 983 g/mol. The lowest BCUT2D eigenvalue weighted by atomic mass is 9.56. The number of hydrogen-bond donors (Lipinski definition) is 0. The summed E-state index contributed by atoms with van der Waals surface area (Å²) in [7, 11) is 0. The van der Waals surface area contributed by atoms with Crippen LogP contribution in [0.5, 0.6) is 0 Å². The molecule has 3 aliphatic rings. The molecule has 10 heteroatoms. The maximum Gasteiger partial charge on any atom is 0.308 e. The van der Waals surface area contributed by atoms with Crippen molar-refractivity contribution in [2.45, 2.75) is 260 Å². The lowest BCUT2D eigenvalue weighted by Crippen LogP contribution is -2.43. The molecule has 0 radical (unpaired) electrons. The second-order valence-electron chi connectivity index (χ2n) is 22.3. The molecule has 3 aliphatic carbocycles. The summed E-state index contributed by atoms with van der Waals surface area (Å²) in [6.45, 7) is 14.5. The molecule has 0 amide bonds. The number of ketones is 1. The van der Waals surface area contributed by atoms with Crippen LogP contribution in [0, 0.1) is 46.8 Å². The first-order chi connectivity index (χ1) is 33.8. The van der Waals surface area contributed by atoms with Crippen LogP contribution < -0.4 is 0 Å². The largest absolute Gasteiger partial charge is 0.462 e. The predicted octanol–water partition coefficient (Wildman–Crippen LogP) is 15.1. The first-order valence-corrected chi connectivity index (χ1v) is 28.9. The standard InChI is InChI=1S/C60H102O10/c1-8-11-13-15-17-19-21-23-25-30-56(62)66-43-52(44-67-57(63)31-26-24-22-20-18-16-14-12-9-2)70-59(65)41-47(5)33-32-46(4)40-58(64)69-45-68-51-29-27-28-49(42-51)34-35-53-50(10-3)38-39-60(7)54(48(6)61)36-37-55(53)60/h11-14,46-47,49-55H,8-10,15-45H2,1-7H3/b13-11-,14-12-/t46?,47?,49-,50-,51+,53+,54?,55-,60+/m0/s1. The van der Waals surface area contributed by atoms with Crippen LogP contribution in [0.4, 0.5) is 0 Å². The third-order valence-corrected chi connectivity index (χ3v) is 16.4. The molecule has 70 heavy (non-hydrogen) atoms. The van der Waals surface area contributed by atoms with E-state index in [0.29, 0.717) is 36.4 Å². The molecule has 402 valence electrons. The van der Waals surface area contributed by atoms with Gasteiger partial charge < -0.3 is 23.7 Å². The second-order valence-corrected chi connectivity index (χ2v) is 22.3. The zero-order valence-electron chi connectivity index (χ0n) is 45.6. The molecule has 3 unspecified atom stereocenters. The number of carbonyl (C=O) groups excluding carboxylic acids is 5. The minimum atomic E-state index is -0.878. The second kappa shape index (κ2) is 36.0. The van der Waals surface area contributed by atoms with E-state index in [1.54, 1.807) is 0 Å². The molecular weight excluding hydrogens is 881 g/mol. The van der Waals surface area contributed by atoms with Gasteiger partial charge in [0.2, 0.25) is 0 Å². The number of unbranched alkanes of at least 4 members (excludes halogenated alkanes) is 10. The summed E-state index contributed by atoms with van der Waals surface area (Å²) >= 11 is 0. The highest BCUT2D eigenvalue weighted by Gasteiger charge is 2.54. The number of rotatable bonds is 38. The van der Waals surface area contributed by atoms with Gasteiger partial charge in [-0.25, -0.2) is 0 Å². The minimum Gasteiger partial charge on any atom is -0.462 e. The summed E-state index contributed by atoms with van der Waals surface area (Å²) in [5, 5.41) is 0. The lowest BCUT2D eigenvalue weighted by molar-refractivity contribution is -0.167. The van der Waals surface area contributed by atoms with Gasteiger partial charge in [0, 0.05) is 31.6 Å². The van der Waals surface area contributed by atoms with Gasteiger partial charge in [-0.3, -0.25) is 24.0 Å². The topological polar surface area (TPSA) is 132 Å². The van der Waals surface area contributed by atoms with Gasteiger partial charge in [0.05, 0.1) is 6.10 Å². The van der Waals surface area contributed by atoms with Crippen molar-refractivity contribution in [3.8, 4) is 0 Å². The molecule has 3 rings (SSSR count). The molecule has 0 aromatic rings. The van der Waals surface area contributed by atoms with E-state index in [2.05, 4.69) is 52.0 Å². The van der Waals surface area contributed by atoms with Crippen molar-refractivity contribution in [3.05, 3.63) is 24.3 Å². The number of esters is 4. The molecule has 10 nitrogen and oxygen atoms in total. The van der Waals surface area contributed by atoms with Crippen LogP contribution in [0.15, 0.2) is 24.3 Å². The Labute approximate surface area is 426 Å². The van der Waals surface area contributed by atoms with Gasteiger partial charge in [0.25, 0.3) is 0 Å². The van der Waals surface area contributed by atoms with E-state index >= 15 is 0 Å². The first-order valence-electron chi connectivity index (χ1n) is 28.9. The zero-order chi connectivity index (χ0) is 51.0. The molecular formula is C60H102O10. The molecule has 3 fully saturated rings. The summed E-state index contributed by atoms with van der Waals surface area (Å²) in [6.07, 6.45) is 37.8. The number of allylic oxidation sites excluding steroid dienone is 4. The van der Waals surface area contributed by atoms with E-state index in [0.717, 1.165) is 134 Å². The van der Waals surface area contributed by atoms with Crippen LogP contribution in [0.2, 0.25) is 0 Å². The third-order valence-electron chi connectivity index (χ3n) is 16.4. The van der Waals surface area contributed by atoms with Crippen molar-refractivity contribution in [2.75, 3.05) is 20.0 Å². The van der Waals surface area contributed by atoms with Gasteiger partial charge in [-0.05, 0) is 157 Å². The van der Waals surface area contributed by atoms with Gasteiger partial charge in [-0.2, -0.15) is 0 Å². The number of fused-ring (bicyclic) bond motifs is 1. The molecule has 3 saturated carbocycles. The smallest absolute Gasteiger partial charge is 0.308 e. The Kier molecular flexibility index (Phi) is 31.5. The van der Waals surface area contributed by atoms with Crippen LogP contribution in [0.25, 0.3) is 0 Å². The first kappa shape index (κ1) is 61.3. The SMILES string of the molecule is CC/C=C\CCCCCCCC(=O)OCC(COC(=O)CCCCCCC/C=C\CC)OC(=O)CC(C)CCC(C)CC(=O)OCO[C@@H]1CCC[C@@H](CC[C@@H]2[C@@H](CC)CC[C@]3(C)C(C(C)=O)CC[C@@H]23)C1. The summed E-state index contributed by atoms with van der Waals surface area (Å²) < 4.78 is 28.6. The van der Waals surface area contributed by atoms with Crippen molar-refractivity contribution in [1.29, 1.82) is 0 Å². The van der Waals surface area contributed by atoms with Crippen molar-refractivity contribution in [2.24, 2.45) is 46.8 Å². The van der Waals surface area contributed by atoms with Gasteiger partial charge in [-0.15, -0.1) is 0 Å². The fraction of sp³-hybridized carbons (Fsp3) is 0.850. The highest BCUT2D eigenvalue weighted by molar-refractivity contribution is 5.79. The van der Waals surface area contributed by atoms with Crippen LogP contribution in [0.3, 0.4) is 0 Å². The molecule has 0 heterocycles. The Bertz CT molecular complexity index is 1490. The summed E-state index contributed by atoms with van der Waals surface area (Å²) in [6, 6.07) is 0. The van der Waals surface area contributed by atoms with E-state index in [1.807, 2.05) is 20.8 Å². The van der Waals surface area contributed by atoms with Crippen molar-refractivity contribution >= 4 is 29.7 Å². The molecule has 0 saturated heterocycles. The molecule has 0 bridgehead atoms. The Morgan fingerprint density at radius 1 is 0.629 bits per heavy atom. The van der Waals surface area contributed by atoms with Gasteiger partial charge in [0.15, 0.2) is 12.9 Å². The van der Waals surface area contributed by atoms with Crippen molar-refractivity contribution in [3.63, 3.8) is 0 Å². The van der Waals surface area contributed by atoms with Crippen LogP contribution in [0.1, 0.15) is 248 Å². The zero-order valence-corrected chi connectivity index (χ0v) is 45.6. The normalized spacial score (nSPS) is 24.4. The molecule has 0 aliphatic heterocycles.